The molecule has 0 saturated carbocycles. The van der Waals surface area contributed by atoms with Gasteiger partial charge in [-0.3, -0.25) is 0 Å². The predicted octanol–water partition coefficient (Wildman–Crippen LogP) is 3.67. The van der Waals surface area contributed by atoms with Gasteiger partial charge in [0.1, 0.15) is 0 Å². The summed E-state index contributed by atoms with van der Waals surface area (Å²) in [4.78, 5) is 10.2. The van der Waals surface area contributed by atoms with Crippen molar-refractivity contribution in [3.8, 4) is 0 Å². The molecule has 0 spiro atoms. The maximum atomic E-state index is 10.2. The molecule has 2 nitrogen and oxygen atoms in total. The van der Waals surface area contributed by atoms with Crippen LogP contribution in [0.25, 0.3) is 0 Å². The minimum atomic E-state index is -0.879. The van der Waals surface area contributed by atoms with Gasteiger partial charge in [0.05, 0.1) is 5.56 Å². The average Bonchev–Trinajstić information content (AvgIpc) is 2.32. The molecule has 0 unspecified atom stereocenters. The molecule has 1 N–H and O–H groups in total. The molecule has 95 valence electrons. The van der Waals surface area contributed by atoms with Crippen molar-refractivity contribution in [2.45, 2.75) is 0 Å². The van der Waals surface area contributed by atoms with Crippen molar-refractivity contribution in [3.05, 3.63) is 78.7 Å². The van der Waals surface area contributed by atoms with Crippen LogP contribution in [0.5, 0.6) is 0 Å². The number of carbonyl (C=O) groups is 1. The molecule has 0 atom stereocenters. The standard InChI is InChI=1S/C7H6O2.C7H7.ClH.V/c8-7(9)6-4-2-1-3-5-6;1-7-5-3-2-4-6-7;;/h1-5H,(H,8,9);2-6H,1H2;1H;/q;-1;;. The average molecular weight is 301 g/mol. The van der Waals surface area contributed by atoms with Crippen molar-refractivity contribution in [2.24, 2.45) is 0 Å². The van der Waals surface area contributed by atoms with Gasteiger partial charge in [0.25, 0.3) is 0 Å². The summed E-state index contributed by atoms with van der Waals surface area (Å²) >= 11 is 0. The molecule has 0 aromatic heterocycles. The van der Waals surface area contributed by atoms with Gasteiger partial charge in [-0.05, 0) is 12.1 Å². The molecule has 0 amide bonds. The molecule has 2 aromatic carbocycles. The summed E-state index contributed by atoms with van der Waals surface area (Å²) in [6.07, 6.45) is 0. The Hall–Kier alpha value is -1.35. The van der Waals surface area contributed by atoms with Crippen LogP contribution in [0, 0.1) is 6.92 Å². The largest absolute Gasteiger partial charge is 0.478 e. The Morgan fingerprint density at radius 3 is 1.50 bits per heavy atom. The zero-order chi connectivity index (χ0) is 11.8. The fraction of sp³-hybridized carbons (Fsp3) is 0. The second-order valence-electron chi connectivity index (χ2n) is 3.16. The first-order valence-electron chi connectivity index (χ1n) is 4.85. The molecule has 0 aliphatic heterocycles. The summed E-state index contributed by atoms with van der Waals surface area (Å²) in [5.74, 6) is -0.879. The van der Waals surface area contributed by atoms with E-state index in [1.54, 1.807) is 30.3 Å². The van der Waals surface area contributed by atoms with Crippen molar-refractivity contribution < 1.29 is 28.5 Å². The molecule has 0 bridgehead atoms. The molecule has 0 fully saturated rings. The molecule has 1 radical (unpaired) electrons. The van der Waals surface area contributed by atoms with Gasteiger partial charge in [-0.1, -0.05) is 24.3 Å². The number of carboxylic acids is 1. The van der Waals surface area contributed by atoms with Gasteiger partial charge in [-0.2, -0.15) is 24.6 Å². The first-order valence-corrected chi connectivity index (χ1v) is 4.85. The number of hydrogen-bond acceptors (Lipinski definition) is 1. The maximum Gasteiger partial charge on any atom is 0.335 e. The minimum absolute atomic E-state index is 0. The molecule has 4 heteroatoms. The number of halogens is 1. The third kappa shape index (κ3) is 7.85. The van der Waals surface area contributed by atoms with Gasteiger partial charge in [0.2, 0.25) is 0 Å². The first-order chi connectivity index (χ1) is 7.70. The van der Waals surface area contributed by atoms with Crippen LogP contribution in [0.15, 0.2) is 60.7 Å². The zero-order valence-corrected chi connectivity index (χ0v) is 11.9. The number of hydrogen-bond donors (Lipinski definition) is 1. The number of benzene rings is 2. The number of aromatic carboxylic acids is 1. The van der Waals surface area contributed by atoms with Gasteiger partial charge in [0.15, 0.2) is 0 Å². The van der Waals surface area contributed by atoms with E-state index in [-0.39, 0.29) is 31.0 Å². The summed E-state index contributed by atoms with van der Waals surface area (Å²) in [5, 5.41) is 8.38. The summed E-state index contributed by atoms with van der Waals surface area (Å²) in [5.41, 5.74) is 1.40. The van der Waals surface area contributed by atoms with E-state index in [4.69, 9.17) is 5.11 Å². The SMILES string of the molecule is Cl.O=C(O)c1ccccc1.[CH2-]c1ccccc1.[V]. The van der Waals surface area contributed by atoms with Crippen molar-refractivity contribution in [1.82, 2.24) is 0 Å². The molecule has 2 rings (SSSR count). The van der Waals surface area contributed by atoms with E-state index in [1.807, 2.05) is 30.3 Å². The van der Waals surface area contributed by atoms with E-state index >= 15 is 0 Å². The van der Waals surface area contributed by atoms with Crippen molar-refractivity contribution in [2.75, 3.05) is 0 Å². The van der Waals surface area contributed by atoms with Gasteiger partial charge in [-0.15, -0.1) is 24.5 Å². The molecule has 0 aliphatic carbocycles. The van der Waals surface area contributed by atoms with Crippen molar-refractivity contribution in [1.29, 1.82) is 0 Å². The van der Waals surface area contributed by atoms with E-state index < -0.39 is 5.97 Å². The third-order valence-electron chi connectivity index (χ3n) is 1.86. The van der Waals surface area contributed by atoms with Crippen LogP contribution in [-0.4, -0.2) is 11.1 Å². The molecular weight excluding hydrogens is 287 g/mol. The molecule has 0 saturated heterocycles. The van der Waals surface area contributed by atoms with E-state index in [0.29, 0.717) is 5.56 Å². The fourth-order valence-electron chi connectivity index (χ4n) is 1.06. The molecular formula is C14H14ClO2V-. The van der Waals surface area contributed by atoms with Crippen LogP contribution in [-0.2, 0) is 18.6 Å². The first kappa shape index (κ1) is 19.0. The summed E-state index contributed by atoms with van der Waals surface area (Å²) in [6.45, 7) is 3.72. The van der Waals surface area contributed by atoms with Crippen LogP contribution in [0.3, 0.4) is 0 Å². The van der Waals surface area contributed by atoms with E-state index in [0.717, 1.165) is 5.56 Å². The van der Waals surface area contributed by atoms with E-state index in [2.05, 4.69) is 6.92 Å². The van der Waals surface area contributed by atoms with Gasteiger partial charge in [0, 0.05) is 18.6 Å². The van der Waals surface area contributed by atoms with Crippen LogP contribution in [0.1, 0.15) is 15.9 Å². The summed E-state index contributed by atoms with van der Waals surface area (Å²) in [6, 6.07) is 18.2. The quantitative estimate of drug-likeness (QED) is 0.816. The summed E-state index contributed by atoms with van der Waals surface area (Å²) < 4.78 is 0. The number of rotatable bonds is 1. The van der Waals surface area contributed by atoms with Gasteiger partial charge < -0.3 is 5.11 Å². The third-order valence-corrected chi connectivity index (χ3v) is 1.86. The van der Waals surface area contributed by atoms with E-state index in [1.165, 1.54) is 0 Å². The maximum absolute atomic E-state index is 10.2. The molecule has 0 heterocycles. The monoisotopic (exact) mass is 300 g/mol. The Morgan fingerprint density at radius 1 is 0.889 bits per heavy atom. The molecule has 18 heavy (non-hydrogen) atoms. The van der Waals surface area contributed by atoms with Crippen LogP contribution >= 0.6 is 12.4 Å². The molecule has 2 aromatic rings. The van der Waals surface area contributed by atoms with Crippen LogP contribution < -0.4 is 0 Å². The van der Waals surface area contributed by atoms with Crippen molar-refractivity contribution >= 4 is 18.4 Å². The zero-order valence-electron chi connectivity index (χ0n) is 9.69. The fourth-order valence-corrected chi connectivity index (χ4v) is 1.06. The predicted molar refractivity (Wildman–Crippen MR) is 71.6 cm³/mol. The Kier molecular flexibility index (Phi) is 11.4. The smallest absolute Gasteiger partial charge is 0.335 e. The number of carboxylic acid groups (broad SMARTS) is 1. The van der Waals surface area contributed by atoms with Crippen LogP contribution in [0.2, 0.25) is 0 Å². The second kappa shape index (κ2) is 10.8. The Bertz CT molecular complexity index is 432. The van der Waals surface area contributed by atoms with Crippen LogP contribution in [0.4, 0.5) is 0 Å². The Morgan fingerprint density at radius 2 is 1.28 bits per heavy atom. The topological polar surface area (TPSA) is 37.3 Å². The van der Waals surface area contributed by atoms with E-state index in [9.17, 15) is 4.79 Å². The Labute approximate surface area is 125 Å². The van der Waals surface area contributed by atoms with Gasteiger partial charge in [-0.25, -0.2) is 4.79 Å². The normalized spacial score (nSPS) is 7.78. The molecule has 0 aliphatic rings. The second-order valence-corrected chi connectivity index (χ2v) is 3.16. The van der Waals surface area contributed by atoms with Crippen molar-refractivity contribution in [3.63, 3.8) is 0 Å². The minimum Gasteiger partial charge on any atom is -0.478 e. The van der Waals surface area contributed by atoms with Gasteiger partial charge >= 0.3 is 5.97 Å². The Balaban J connectivity index is 0. The summed E-state index contributed by atoms with van der Waals surface area (Å²) in [7, 11) is 0.